The lowest BCUT2D eigenvalue weighted by molar-refractivity contribution is -0.118. The Labute approximate surface area is 183 Å². The lowest BCUT2D eigenvalue weighted by atomic mass is 10.2. The second kappa shape index (κ2) is 10.2. The molecular formula is C22H20BrClN2O3. The van der Waals surface area contributed by atoms with Gasteiger partial charge in [-0.1, -0.05) is 41.9 Å². The topological polar surface area (TPSA) is 59.6 Å². The maximum absolute atomic E-state index is 12.2. The number of nitrogens with one attached hydrogen (secondary N) is 2. The van der Waals surface area contributed by atoms with Gasteiger partial charge in [0.2, 0.25) is 0 Å². The Morgan fingerprint density at radius 1 is 1.00 bits per heavy atom. The summed E-state index contributed by atoms with van der Waals surface area (Å²) in [5.74, 6) is 0.907. The lowest BCUT2D eigenvalue weighted by Gasteiger charge is -2.13. The van der Waals surface area contributed by atoms with Gasteiger partial charge in [0.15, 0.2) is 6.61 Å². The zero-order valence-corrected chi connectivity index (χ0v) is 18.1. The zero-order chi connectivity index (χ0) is 20.6. The van der Waals surface area contributed by atoms with Crippen molar-refractivity contribution in [2.24, 2.45) is 0 Å². The van der Waals surface area contributed by atoms with Crippen LogP contribution >= 0.6 is 27.5 Å². The molecule has 150 valence electrons. The summed E-state index contributed by atoms with van der Waals surface area (Å²) < 4.78 is 11.6. The highest BCUT2D eigenvalue weighted by Gasteiger charge is 2.10. The Hall–Kier alpha value is -2.70. The Bertz CT molecular complexity index is 997. The molecule has 3 rings (SSSR count). The molecule has 29 heavy (non-hydrogen) atoms. The van der Waals surface area contributed by atoms with Gasteiger partial charge in [-0.05, 0) is 57.9 Å². The van der Waals surface area contributed by atoms with Crippen molar-refractivity contribution in [3.8, 4) is 11.5 Å². The third kappa shape index (κ3) is 5.89. The van der Waals surface area contributed by atoms with Gasteiger partial charge in [-0.2, -0.15) is 0 Å². The van der Waals surface area contributed by atoms with E-state index < -0.39 is 0 Å². The Morgan fingerprint density at radius 3 is 2.45 bits per heavy atom. The van der Waals surface area contributed by atoms with E-state index in [1.165, 1.54) is 0 Å². The molecule has 1 amide bonds. The Morgan fingerprint density at radius 2 is 1.72 bits per heavy atom. The van der Waals surface area contributed by atoms with Gasteiger partial charge in [0, 0.05) is 6.54 Å². The number of hydrogen-bond donors (Lipinski definition) is 2. The molecule has 0 saturated carbocycles. The third-order valence-corrected chi connectivity index (χ3v) is 5.04. The second-order valence-electron chi connectivity index (χ2n) is 6.14. The normalized spacial score (nSPS) is 10.3. The van der Waals surface area contributed by atoms with Crippen LogP contribution in [0.3, 0.4) is 0 Å². The van der Waals surface area contributed by atoms with Crippen LogP contribution in [-0.4, -0.2) is 19.6 Å². The van der Waals surface area contributed by atoms with E-state index >= 15 is 0 Å². The molecule has 0 atom stereocenters. The molecule has 0 bridgehead atoms. The molecule has 3 aromatic rings. The summed E-state index contributed by atoms with van der Waals surface area (Å²) in [7, 11) is 1.56. The summed E-state index contributed by atoms with van der Waals surface area (Å²) in [6.45, 7) is 0.491. The van der Waals surface area contributed by atoms with Crippen LogP contribution in [0.4, 0.5) is 11.4 Å². The van der Waals surface area contributed by atoms with Gasteiger partial charge >= 0.3 is 0 Å². The maximum atomic E-state index is 12.2. The van der Waals surface area contributed by atoms with Crippen LogP contribution in [0.15, 0.2) is 71.2 Å². The molecule has 0 spiro atoms. The van der Waals surface area contributed by atoms with Crippen molar-refractivity contribution in [1.29, 1.82) is 0 Å². The Kier molecular flexibility index (Phi) is 7.38. The number of anilines is 2. The minimum absolute atomic E-state index is 0.117. The number of benzene rings is 3. The quantitative estimate of drug-likeness (QED) is 0.436. The van der Waals surface area contributed by atoms with E-state index in [4.69, 9.17) is 21.1 Å². The molecule has 0 fully saturated rings. The number of methoxy groups -OCH3 is 1. The van der Waals surface area contributed by atoms with E-state index in [0.29, 0.717) is 28.8 Å². The predicted molar refractivity (Wildman–Crippen MR) is 120 cm³/mol. The monoisotopic (exact) mass is 474 g/mol. The fourth-order valence-corrected chi connectivity index (χ4v) is 3.39. The number of para-hydroxylation sites is 3. The van der Waals surface area contributed by atoms with Crippen molar-refractivity contribution in [1.82, 2.24) is 0 Å². The van der Waals surface area contributed by atoms with Gasteiger partial charge < -0.3 is 20.1 Å². The lowest BCUT2D eigenvalue weighted by Crippen LogP contribution is -2.20. The molecule has 7 heteroatoms. The highest BCUT2D eigenvalue weighted by molar-refractivity contribution is 9.10. The summed E-state index contributed by atoms with van der Waals surface area (Å²) in [6.07, 6.45) is 0. The molecule has 5 nitrogen and oxygen atoms in total. The van der Waals surface area contributed by atoms with E-state index in [1.54, 1.807) is 19.2 Å². The predicted octanol–water partition coefficient (Wildman–Crippen LogP) is 5.74. The molecule has 0 aliphatic heterocycles. The number of carbonyl (C=O) groups is 1. The molecular weight excluding hydrogens is 456 g/mol. The summed E-state index contributed by atoms with van der Waals surface area (Å²) in [4.78, 5) is 12.2. The number of hydrogen-bond acceptors (Lipinski definition) is 4. The standard InChI is InChI=1S/C22H20BrClN2O3/c1-28-21-9-5-4-8-19(21)26-22(27)14-29-20-11-10-15(12-16(20)23)13-25-18-7-3-2-6-17(18)24/h2-12,25H,13-14H2,1H3,(H,26,27). The van der Waals surface area contributed by atoms with Crippen molar-refractivity contribution < 1.29 is 14.3 Å². The first-order valence-corrected chi connectivity index (χ1v) is 10.1. The largest absolute Gasteiger partial charge is 0.495 e. The summed E-state index contributed by atoms with van der Waals surface area (Å²) in [5, 5.41) is 6.75. The first kappa shape index (κ1) is 21.0. The summed E-state index contributed by atoms with van der Waals surface area (Å²) in [6, 6.07) is 20.5. The molecule has 0 aliphatic carbocycles. The van der Waals surface area contributed by atoms with Crippen molar-refractivity contribution in [2.75, 3.05) is 24.4 Å². The molecule has 2 N–H and O–H groups in total. The van der Waals surface area contributed by atoms with Gasteiger partial charge in [0.05, 0.1) is 28.0 Å². The van der Waals surface area contributed by atoms with Gasteiger partial charge in [0.25, 0.3) is 5.91 Å². The first-order valence-electron chi connectivity index (χ1n) is 8.89. The van der Waals surface area contributed by atoms with Crippen LogP contribution in [-0.2, 0) is 11.3 Å². The van der Waals surface area contributed by atoms with E-state index in [2.05, 4.69) is 26.6 Å². The molecule has 0 unspecified atom stereocenters. The van der Waals surface area contributed by atoms with E-state index in [9.17, 15) is 4.79 Å². The van der Waals surface area contributed by atoms with Crippen molar-refractivity contribution in [3.63, 3.8) is 0 Å². The van der Waals surface area contributed by atoms with Crippen LogP contribution in [0.5, 0.6) is 11.5 Å². The third-order valence-electron chi connectivity index (χ3n) is 4.09. The summed E-state index contributed by atoms with van der Waals surface area (Å²) >= 11 is 9.65. The van der Waals surface area contributed by atoms with Crippen molar-refractivity contribution in [2.45, 2.75) is 6.54 Å². The highest BCUT2D eigenvalue weighted by atomic mass is 79.9. The molecule has 0 aromatic heterocycles. The van der Waals surface area contributed by atoms with Crippen LogP contribution in [0.2, 0.25) is 5.02 Å². The molecule has 0 radical (unpaired) electrons. The number of halogens is 2. The first-order chi connectivity index (χ1) is 14.1. The fourth-order valence-electron chi connectivity index (χ4n) is 2.65. The van der Waals surface area contributed by atoms with Gasteiger partial charge in [-0.25, -0.2) is 0 Å². The zero-order valence-electron chi connectivity index (χ0n) is 15.7. The minimum Gasteiger partial charge on any atom is -0.495 e. The smallest absolute Gasteiger partial charge is 0.262 e. The number of ether oxygens (including phenoxy) is 2. The van der Waals surface area contributed by atoms with Crippen LogP contribution < -0.4 is 20.1 Å². The summed E-state index contributed by atoms with van der Waals surface area (Å²) in [5.41, 5.74) is 2.52. The highest BCUT2D eigenvalue weighted by Crippen LogP contribution is 2.28. The van der Waals surface area contributed by atoms with Crippen LogP contribution in [0, 0.1) is 0 Å². The maximum Gasteiger partial charge on any atom is 0.262 e. The molecule has 0 saturated heterocycles. The average Bonchev–Trinajstić information content (AvgIpc) is 2.73. The van der Waals surface area contributed by atoms with E-state index in [-0.39, 0.29) is 12.5 Å². The van der Waals surface area contributed by atoms with Gasteiger partial charge in [-0.15, -0.1) is 0 Å². The van der Waals surface area contributed by atoms with E-state index in [0.717, 1.165) is 15.7 Å². The van der Waals surface area contributed by atoms with Crippen LogP contribution in [0.1, 0.15) is 5.56 Å². The molecule has 0 heterocycles. The Balaban J connectivity index is 1.55. The fraction of sp³-hybridized carbons (Fsp3) is 0.136. The van der Waals surface area contributed by atoms with Gasteiger partial charge in [-0.3, -0.25) is 4.79 Å². The average molecular weight is 476 g/mol. The van der Waals surface area contributed by atoms with Crippen LogP contribution in [0.25, 0.3) is 0 Å². The number of carbonyl (C=O) groups excluding carboxylic acids is 1. The van der Waals surface area contributed by atoms with Crippen molar-refractivity contribution in [3.05, 3.63) is 81.8 Å². The van der Waals surface area contributed by atoms with Crippen molar-refractivity contribution >= 4 is 44.8 Å². The minimum atomic E-state index is -0.272. The number of amides is 1. The van der Waals surface area contributed by atoms with Gasteiger partial charge in [0.1, 0.15) is 11.5 Å². The molecule has 3 aromatic carbocycles. The second-order valence-corrected chi connectivity index (χ2v) is 7.40. The molecule has 0 aliphatic rings. The SMILES string of the molecule is COc1ccccc1NC(=O)COc1ccc(CNc2ccccc2Cl)cc1Br. The number of rotatable bonds is 8. The van der Waals surface area contributed by atoms with E-state index in [1.807, 2.05) is 54.6 Å².